The molecule has 3 saturated carbocycles. The summed E-state index contributed by atoms with van der Waals surface area (Å²) in [5.74, 6) is -4.99. The molecule has 0 spiro atoms. The molecule has 4 amide bonds. The van der Waals surface area contributed by atoms with Crippen molar-refractivity contribution in [2.75, 3.05) is 13.2 Å². The number of hydrogen-bond donors (Lipinski definition) is 4. The second-order valence-electron chi connectivity index (χ2n) is 18.5. The van der Waals surface area contributed by atoms with E-state index < -0.39 is 99.1 Å². The van der Waals surface area contributed by atoms with Crippen LogP contribution in [0.3, 0.4) is 0 Å². The highest BCUT2D eigenvalue weighted by Crippen LogP contribution is 2.50. The third-order valence-corrected chi connectivity index (χ3v) is 14.7. The number of nitrogens with one attached hydrogen (secondary N) is 3. The standard InChI is InChI=1S/C41H55F5N6O9S/c1-6-22-14-17-52(30(22)34(54)50-40(20-25(40)32(42)43)36(56)51-62(58,59)39(5)15-16-39)35(55)31(38(2,3)4)49-37(57)61-29-18-23(29)10-8-7-9-11-27-33(53)48-28-19-24(12-13-26(28)47-27)60-21-41(44,45)46/h12-13,19,22-23,25,29-32H,6-11,14-18,20-21H2,1-5H3,(H,48,53)(H,49,57)(H,50,54)(H,51,56)/t22-,23-,25+,29-,30+,31-,40-/m1/s1. The number of unbranched alkanes of at least 4 members (excludes halogenated alkanes) is 2. The van der Waals surface area contributed by atoms with Crippen molar-refractivity contribution in [3.05, 3.63) is 23.9 Å². The number of likely N-dealkylation sites (tertiary alicyclic amines) is 1. The third kappa shape index (κ3) is 10.6. The van der Waals surface area contributed by atoms with E-state index in [0.717, 1.165) is 19.3 Å². The quantitative estimate of drug-likeness (QED) is 0.106. The van der Waals surface area contributed by atoms with E-state index in [4.69, 9.17) is 9.47 Å². The lowest BCUT2D eigenvalue weighted by atomic mass is 9.85. The van der Waals surface area contributed by atoms with Crippen molar-refractivity contribution in [2.45, 2.75) is 146 Å². The molecule has 2 aromatic rings. The number of carbonyl (C=O) groups excluding carboxylic acids is 4. The van der Waals surface area contributed by atoms with Gasteiger partial charge in [0.25, 0.3) is 5.91 Å². The van der Waals surface area contributed by atoms with Gasteiger partial charge in [-0.2, -0.15) is 13.2 Å². The number of halogens is 5. The predicted octanol–water partition coefficient (Wildman–Crippen LogP) is 5.67. The monoisotopic (exact) mass is 902 g/mol. The summed E-state index contributed by atoms with van der Waals surface area (Å²) >= 11 is 0. The zero-order chi connectivity index (χ0) is 45.6. The van der Waals surface area contributed by atoms with Gasteiger partial charge in [-0.1, -0.05) is 47.0 Å². The maximum atomic E-state index is 14.3. The Morgan fingerprint density at radius 1 is 1.03 bits per heavy atom. The Kier molecular flexibility index (Phi) is 13.3. The molecule has 7 atom stereocenters. The van der Waals surface area contributed by atoms with E-state index in [1.807, 2.05) is 4.72 Å². The molecule has 1 aromatic carbocycles. The number of aryl methyl sites for hydroxylation is 1. The summed E-state index contributed by atoms with van der Waals surface area (Å²) in [5.41, 5.74) is -2.10. The molecule has 0 bridgehead atoms. The van der Waals surface area contributed by atoms with Gasteiger partial charge in [0.2, 0.25) is 34.1 Å². The van der Waals surface area contributed by atoms with E-state index in [1.165, 1.54) is 30.0 Å². The van der Waals surface area contributed by atoms with Crippen molar-refractivity contribution in [3.8, 4) is 11.6 Å². The summed E-state index contributed by atoms with van der Waals surface area (Å²) in [6.45, 7) is 7.09. The van der Waals surface area contributed by atoms with Crippen molar-refractivity contribution < 1.29 is 64.1 Å². The summed E-state index contributed by atoms with van der Waals surface area (Å²) in [4.78, 5) is 64.6. The maximum Gasteiger partial charge on any atom is 0.422 e. The van der Waals surface area contributed by atoms with Crippen molar-refractivity contribution in [2.24, 2.45) is 23.2 Å². The maximum absolute atomic E-state index is 14.3. The first kappa shape index (κ1) is 46.9. The number of sulfonamides is 1. The molecule has 344 valence electrons. The van der Waals surface area contributed by atoms with E-state index in [0.29, 0.717) is 56.2 Å². The van der Waals surface area contributed by atoms with Crippen molar-refractivity contribution in [3.63, 3.8) is 0 Å². The highest BCUT2D eigenvalue weighted by molar-refractivity contribution is 7.91. The Bertz CT molecular complexity index is 2150. The van der Waals surface area contributed by atoms with Gasteiger partial charge in [0.05, 0.1) is 21.7 Å². The number of alkyl halides is 5. The van der Waals surface area contributed by atoms with Gasteiger partial charge < -0.3 is 30.1 Å². The molecule has 1 saturated heterocycles. The third-order valence-electron chi connectivity index (χ3n) is 12.6. The minimum atomic E-state index is -4.50. The van der Waals surface area contributed by atoms with Crippen LogP contribution in [0.1, 0.15) is 105 Å². The normalized spacial score (nSPS) is 25.9. The second-order valence-corrected chi connectivity index (χ2v) is 20.7. The fourth-order valence-corrected chi connectivity index (χ4v) is 9.46. The van der Waals surface area contributed by atoms with Gasteiger partial charge in [0, 0.05) is 12.6 Å². The number of fused-ring (bicyclic) bond motifs is 1. The molecule has 2 heterocycles. The van der Waals surface area contributed by atoms with Crippen LogP contribution in [-0.2, 0) is 35.6 Å². The van der Waals surface area contributed by atoms with Crippen LogP contribution >= 0.6 is 0 Å². The summed E-state index contributed by atoms with van der Waals surface area (Å²) in [6, 6.07) is 1.77. The minimum Gasteiger partial charge on any atom is -0.492 e. The fourth-order valence-electron chi connectivity index (χ4n) is 8.15. The lowest BCUT2D eigenvalue weighted by molar-refractivity contribution is -0.153. The van der Waals surface area contributed by atoms with Crippen molar-refractivity contribution in [1.82, 2.24) is 30.2 Å². The molecular weight excluding hydrogens is 848 g/mol. The molecule has 4 aliphatic rings. The molecule has 4 N–H and O–H groups in total. The van der Waals surface area contributed by atoms with Gasteiger partial charge in [-0.3, -0.25) is 19.1 Å². The smallest absolute Gasteiger partial charge is 0.422 e. The van der Waals surface area contributed by atoms with Gasteiger partial charge >= 0.3 is 12.3 Å². The van der Waals surface area contributed by atoms with Gasteiger partial charge in [-0.25, -0.2) is 32.0 Å². The van der Waals surface area contributed by atoms with E-state index in [9.17, 15) is 54.7 Å². The molecule has 0 unspecified atom stereocenters. The number of benzene rings is 1. The minimum absolute atomic E-state index is 0.0509. The number of alkyl carbamates (subject to hydrolysis) is 1. The number of rotatable bonds is 18. The Morgan fingerprint density at radius 3 is 2.35 bits per heavy atom. The molecule has 62 heavy (non-hydrogen) atoms. The first-order valence-corrected chi connectivity index (χ1v) is 22.5. The van der Waals surface area contributed by atoms with E-state index in [1.54, 1.807) is 27.7 Å². The topological polar surface area (TPSA) is 206 Å². The largest absolute Gasteiger partial charge is 0.492 e. The van der Waals surface area contributed by atoms with Crippen molar-refractivity contribution in [1.29, 1.82) is 0 Å². The van der Waals surface area contributed by atoms with Gasteiger partial charge in [0.1, 0.15) is 35.2 Å². The number of nitrogens with zero attached hydrogens (tertiary/aromatic N) is 3. The first-order chi connectivity index (χ1) is 28.9. The van der Waals surface area contributed by atoms with E-state index in [2.05, 4.69) is 20.6 Å². The Balaban J connectivity index is 0.991. The molecule has 4 fully saturated rings. The fraction of sp³-hybridized carbons (Fsp3) is 0.707. The summed E-state index contributed by atoms with van der Waals surface area (Å²) in [6.07, 6.45) is -3.80. The zero-order valence-corrected chi connectivity index (χ0v) is 36.1. The summed E-state index contributed by atoms with van der Waals surface area (Å²) in [5, 5.41) is 15.5. The van der Waals surface area contributed by atoms with Crippen LogP contribution in [0.25, 0.3) is 11.0 Å². The first-order valence-electron chi connectivity index (χ1n) is 21.0. The average Bonchev–Trinajstić information content (AvgIpc) is 4.14. The molecule has 15 nitrogen and oxygen atoms in total. The van der Waals surface area contributed by atoms with Crippen LogP contribution in [0, 0.1) is 23.2 Å². The Hall–Kier alpha value is -4.56. The van der Waals surface area contributed by atoms with Gasteiger partial charge in [-0.05, 0) is 87.7 Å². The molecule has 21 heteroatoms. The van der Waals surface area contributed by atoms with Crippen LogP contribution in [0.4, 0.5) is 26.7 Å². The molecule has 3 aliphatic carbocycles. The Labute approximate surface area is 356 Å². The summed E-state index contributed by atoms with van der Waals surface area (Å²) < 4.78 is 102. The average molecular weight is 903 g/mol. The molecular formula is C41H55F5N6O9S. The summed E-state index contributed by atoms with van der Waals surface area (Å²) in [7, 11) is -4.20. The number of hydrogen-bond acceptors (Lipinski definition) is 11. The zero-order valence-electron chi connectivity index (χ0n) is 35.3. The van der Waals surface area contributed by atoms with Crippen LogP contribution in [-0.4, -0.2) is 106 Å². The van der Waals surface area contributed by atoms with E-state index in [-0.39, 0.29) is 35.7 Å². The van der Waals surface area contributed by atoms with E-state index >= 15 is 0 Å². The number of amides is 4. The van der Waals surface area contributed by atoms with Crippen LogP contribution < -0.4 is 20.1 Å². The number of ether oxygens (including phenoxy) is 2. The number of aromatic hydroxyl groups is 1. The van der Waals surface area contributed by atoms with Crippen molar-refractivity contribution >= 4 is 44.9 Å². The molecule has 6 rings (SSSR count). The molecule has 1 aromatic heterocycles. The Morgan fingerprint density at radius 2 is 1.74 bits per heavy atom. The predicted molar refractivity (Wildman–Crippen MR) is 213 cm³/mol. The number of aromatic nitrogens is 2. The van der Waals surface area contributed by atoms with Crippen LogP contribution in [0.15, 0.2) is 18.2 Å². The lowest BCUT2D eigenvalue weighted by Gasteiger charge is -2.36. The SMILES string of the molecule is CC[C@@H]1CCN(C(=O)[C@@H](NC(=O)O[C@@H]2C[C@H]2CCCCCc2nc3ccc(OCC(F)(F)F)cc3nc2O)C(C)(C)C)[C@@H]1C(=O)N[C@]1(C(=O)NS(=O)(=O)C2(C)CC2)C[C@H]1C(F)F. The van der Waals surface area contributed by atoms with Gasteiger partial charge in [-0.15, -0.1) is 0 Å². The lowest BCUT2D eigenvalue weighted by Crippen LogP contribution is -2.61. The second kappa shape index (κ2) is 17.5. The van der Waals surface area contributed by atoms with Gasteiger partial charge in [0.15, 0.2) is 6.61 Å². The van der Waals surface area contributed by atoms with Crippen LogP contribution in [0.5, 0.6) is 11.6 Å². The van der Waals surface area contributed by atoms with Crippen LogP contribution in [0.2, 0.25) is 0 Å². The highest BCUT2D eigenvalue weighted by Gasteiger charge is 2.67. The number of carbonyl (C=O) groups is 4. The molecule has 0 radical (unpaired) electrons. The molecule has 1 aliphatic heterocycles. The highest BCUT2D eigenvalue weighted by atomic mass is 32.2.